The summed E-state index contributed by atoms with van der Waals surface area (Å²) in [5.41, 5.74) is 3.21. The van der Waals surface area contributed by atoms with E-state index in [9.17, 15) is 9.59 Å². The molecule has 3 aromatic rings. The Bertz CT molecular complexity index is 1080. The fourth-order valence-electron chi connectivity index (χ4n) is 3.60. The molecule has 32 heavy (non-hydrogen) atoms. The summed E-state index contributed by atoms with van der Waals surface area (Å²) >= 11 is 6.11. The lowest BCUT2D eigenvalue weighted by molar-refractivity contribution is 0.0671. The number of hydrogen-bond donors (Lipinski definition) is 1. The second-order valence-electron chi connectivity index (χ2n) is 7.50. The van der Waals surface area contributed by atoms with E-state index in [2.05, 4.69) is 10.3 Å². The predicted octanol–water partition coefficient (Wildman–Crippen LogP) is 4.49. The normalized spacial score (nSPS) is 13.6. The molecule has 1 N–H and O–H groups in total. The van der Waals surface area contributed by atoms with E-state index in [4.69, 9.17) is 11.6 Å². The highest BCUT2D eigenvalue weighted by Crippen LogP contribution is 2.24. The van der Waals surface area contributed by atoms with Gasteiger partial charge >= 0.3 is 6.03 Å². The number of pyridine rings is 1. The number of aromatic nitrogens is 1. The summed E-state index contributed by atoms with van der Waals surface area (Å²) in [6.45, 7) is 1.89. The first-order valence-electron chi connectivity index (χ1n) is 10.4. The molecule has 1 saturated heterocycles. The Morgan fingerprint density at radius 2 is 1.47 bits per heavy atom. The Morgan fingerprint density at radius 3 is 2.12 bits per heavy atom. The molecule has 3 amide bonds. The molecule has 164 valence electrons. The Balaban J connectivity index is 1.33. The van der Waals surface area contributed by atoms with E-state index in [0.29, 0.717) is 42.5 Å². The summed E-state index contributed by atoms with van der Waals surface area (Å²) in [5, 5.41) is 3.32. The Hall–Kier alpha value is -3.58. The highest BCUT2D eigenvalue weighted by molar-refractivity contribution is 6.33. The van der Waals surface area contributed by atoms with Crippen LogP contribution in [0.5, 0.6) is 0 Å². The van der Waals surface area contributed by atoms with E-state index in [-0.39, 0.29) is 11.9 Å². The zero-order valence-electron chi connectivity index (χ0n) is 17.7. The Kier molecular flexibility index (Phi) is 6.56. The van der Waals surface area contributed by atoms with Crippen molar-refractivity contribution >= 4 is 40.6 Å². The third-order valence-corrected chi connectivity index (χ3v) is 5.85. The van der Waals surface area contributed by atoms with Gasteiger partial charge in [0.1, 0.15) is 0 Å². The predicted molar refractivity (Wildman–Crippen MR) is 127 cm³/mol. The summed E-state index contributed by atoms with van der Waals surface area (Å²) in [5.74, 6) is -0.0331. The third kappa shape index (κ3) is 4.84. The molecule has 0 saturated carbocycles. The summed E-state index contributed by atoms with van der Waals surface area (Å²) in [6, 6.07) is 18.3. The molecule has 1 aromatic heterocycles. The lowest BCUT2D eigenvalue weighted by Gasteiger charge is -2.34. The number of benzene rings is 2. The molecule has 0 aliphatic carbocycles. The largest absolute Gasteiger partial charge is 0.345 e. The van der Waals surface area contributed by atoms with Crippen molar-refractivity contribution in [2.75, 3.05) is 43.4 Å². The molecule has 2 heterocycles. The number of nitrogens with zero attached hydrogens (tertiary/aromatic N) is 4. The van der Waals surface area contributed by atoms with Crippen LogP contribution in [-0.4, -0.2) is 59.9 Å². The molecular weight excluding hydrogens is 426 g/mol. The van der Waals surface area contributed by atoms with E-state index < -0.39 is 0 Å². The van der Waals surface area contributed by atoms with Crippen molar-refractivity contribution in [1.29, 1.82) is 0 Å². The van der Waals surface area contributed by atoms with Crippen LogP contribution in [0.3, 0.4) is 0 Å². The van der Waals surface area contributed by atoms with Gasteiger partial charge in [-0.15, -0.1) is 0 Å². The molecule has 0 radical (unpaired) electrons. The number of carbonyl (C=O) groups excluding carboxylic acids is 2. The molecule has 7 nitrogen and oxygen atoms in total. The molecule has 1 fully saturated rings. The van der Waals surface area contributed by atoms with E-state index in [0.717, 1.165) is 11.4 Å². The summed E-state index contributed by atoms with van der Waals surface area (Å²) in [6.07, 6.45) is 3.50. The summed E-state index contributed by atoms with van der Waals surface area (Å²) in [7, 11) is 1.97. The van der Waals surface area contributed by atoms with Crippen molar-refractivity contribution in [2.24, 2.45) is 0 Å². The van der Waals surface area contributed by atoms with Crippen molar-refractivity contribution < 1.29 is 9.59 Å². The maximum Gasteiger partial charge on any atom is 0.322 e. The zero-order valence-corrected chi connectivity index (χ0v) is 18.5. The number of rotatable bonds is 4. The number of piperazine rings is 1. The number of hydrogen-bond acceptors (Lipinski definition) is 4. The van der Waals surface area contributed by atoms with Crippen LogP contribution >= 0.6 is 11.6 Å². The highest BCUT2D eigenvalue weighted by atomic mass is 35.5. The lowest BCUT2D eigenvalue weighted by Crippen LogP contribution is -2.51. The third-order valence-electron chi connectivity index (χ3n) is 5.52. The van der Waals surface area contributed by atoms with Gasteiger partial charge in [0, 0.05) is 62.6 Å². The van der Waals surface area contributed by atoms with E-state index in [1.807, 2.05) is 60.5 Å². The summed E-state index contributed by atoms with van der Waals surface area (Å²) < 4.78 is 0. The van der Waals surface area contributed by atoms with Gasteiger partial charge in [-0.05, 0) is 48.5 Å². The lowest BCUT2D eigenvalue weighted by atomic mass is 10.1. The molecule has 2 aromatic carbocycles. The van der Waals surface area contributed by atoms with Crippen LogP contribution in [0.15, 0.2) is 73.1 Å². The van der Waals surface area contributed by atoms with Crippen molar-refractivity contribution in [3.63, 3.8) is 0 Å². The molecule has 0 atom stereocenters. The quantitative estimate of drug-likeness (QED) is 0.637. The van der Waals surface area contributed by atoms with Crippen LogP contribution < -0.4 is 10.2 Å². The molecule has 0 bridgehead atoms. The smallest absolute Gasteiger partial charge is 0.322 e. The minimum absolute atomic E-state index is 0.0331. The van der Waals surface area contributed by atoms with Crippen LogP contribution in [0.1, 0.15) is 10.4 Å². The van der Waals surface area contributed by atoms with Crippen molar-refractivity contribution in [3.05, 3.63) is 83.6 Å². The van der Waals surface area contributed by atoms with Gasteiger partial charge in [-0.3, -0.25) is 9.78 Å². The number of halogens is 1. The van der Waals surface area contributed by atoms with Crippen LogP contribution in [0.25, 0.3) is 0 Å². The molecule has 1 aliphatic heterocycles. The summed E-state index contributed by atoms with van der Waals surface area (Å²) in [4.78, 5) is 35.0. The first-order valence-corrected chi connectivity index (χ1v) is 10.7. The van der Waals surface area contributed by atoms with Gasteiger partial charge in [0.25, 0.3) is 5.91 Å². The van der Waals surface area contributed by atoms with Crippen LogP contribution in [-0.2, 0) is 0 Å². The van der Waals surface area contributed by atoms with Crippen LogP contribution in [0.4, 0.5) is 21.9 Å². The monoisotopic (exact) mass is 449 g/mol. The van der Waals surface area contributed by atoms with Gasteiger partial charge < -0.3 is 20.0 Å². The first kappa shape index (κ1) is 21.6. The van der Waals surface area contributed by atoms with E-state index in [1.54, 1.807) is 34.3 Å². The maximum absolute atomic E-state index is 12.9. The number of para-hydroxylation sites is 1. The molecule has 0 spiro atoms. The molecule has 4 rings (SSSR count). The average Bonchev–Trinajstić information content (AvgIpc) is 2.85. The minimum Gasteiger partial charge on any atom is -0.345 e. The second-order valence-corrected chi connectivity index (χ2v) is 7.91. The molecular formula is C24H24ClN5O2. The first-order chi connectivity index (χ1) is 15.5. The topological polar surface area (TPSA) is 68.8 Å². The standard InChI is InChI=1S/C24H24ClN5O2/c1-28(20-10-12-26-13-11-20)19-8-6-18(7-9-19)23(31)29-14-16-30(17-15-29)24(32)27-22-5-3-2-4-21(22)25/h2-13H,14-17H2,1H3,(H,27,32). The fraction of sp³-hybridized carbons (Fsp3) is 0.208. The SMILES string of the molecule is CN(c1ccncc1)c1ccc(C(=O)N2CCN(C(=O)Nc3ccccc3Cl)CC2)cc1. The van der Waals surface area contributed by atoms with Crippen molar-refractivity contribution in [3.8, 4) is 0 Å². The molecule has 0 unspecified atom stereocenters. The van der Waals surface area contributed by atoms with Gasteiger partial charge in [0.2, 0.25) is 0 Å². The Morgan fingerprint density at radius 1 is 0.875 bits per heavy atom. The van der Waals surface area contributed by atoms with Gasteiger partial charge in [-0.1, -0.05) is 23.7 Å². The van der Waals surface area contributed by atoms with Crippen LogP contribution in [0.2, 0.25) is 5.02 Å². The van der Waals surface area contributed by atoms with Gasteiger partial charge in [-0.2, -0.15) is 0 Å². The molecule has 1 aliphatic rings. The Labute approximate surface area is 192 Å². The van der Waals surface area contributed by atoms with Gasteiger partial charge in [-0.25, -0.2) is 4.79 Å². The second kappa shape index (κ2) is 9.70. The number of amides is 3. The van der Waals surface area contributed by atoms with Crippen molar-refractivity contribution in [1.82, 2.24) is 14.8 Å². The zero-order chi connectivity index (χ0) is 22.5. The number of carbonyl (C=O) groups is 2. The minimum atomic E-state index is -0.214. The van der Waals surface area contributed by atoms with Gasteiger partial charge in [0.05, 0.1) is 10.7 Å². The maximum atomic E-state index is 12.9. The van der Waals surface area contributed by atoms with Gasteiger partial charge in [0.15, 0.2) is 0 Å². The van der Waals surface area contributed by atoms with E-state index in [1.165, 1.54) is 0 Å². The average molecular weight is 450 g/mol. The van der Waals surface area contributed by atoms with E-state index >= 15 is 0 Å². The van der Waals surface area contributed by atoms with Crippen LogP contribution in [0, 0.1) is 0 Å². The number of nitrogens with one attached hydrogen (secondary N) is 1. The number of anilines is 3. The fourth-order valence-corrected chi connectivity index (χ4v) is 3.78. The van der Waals surface area contributed by atoms with Crippen molar-refractivity contribution in [2.45, 2.75) is 0 Å². The molecule has 8 heteroatoms. The number of urea groups is 1. The highest BCUT2D eigenvalue weighted by Gasteiger charge is 2.25.